The first kappa shape index (κ1) is 20.9. The lowest BCUT2D eigenvalue weighted by Crippen LogP contribution is -2.23. The fourth-order valence-electron chi connectivity index (χ4n) is 3.01. The normalized spacial score (nSPS) is 10.7. The number of nitrogens with one attached hydrogen (secondary N) is 1. The van der Waals surface area contributed by atoms with E-state index >= 15 is 0 Å². The minimum absolute atomic E-state index is 0.0652. The lowest BCUT2D eigenvalue weighted by Gasteiger charge is -2.12. The number of amides is 1. The van der Waals surface area contributed by atoms with Gasteiger partial charge < -0.3 is 15.2 Å². The highest BCUT2D eigenvalue weighted by atomic mass is 19.1. The number of benzene rings is 2. The first-order valence-electron chi connectivity index (χ1n) is 9.39. The van der Waals surface area contributed by atoms with Crippen LogP contribution in [0.1, 0.15) is 26.3 Å². The molecule has 160 valence electrons. The molecule has 2 aromatic heterocycles. The minimum Gasteiger partial charge on any atom is -0.478 e. The molecule has 0 atom stereocenters. The molecule has 0 aliphatic carbocycles. The van der Waals surface area contributed by atoms with Gasteiger partial charge in [0.05, 0.1) is 11.8 Å². The Morgan fingerprint density at radius 2 is 1.81 bits per heavy atom. The van der Waals surface area contributed by atoms with Crippen molar-refractivity contribution in [3.05, 3.63) is 95.3 Å². The van der Waals surface area contributed by atoms with E-state index in [2.05, 4.69) is 15.3 Å². The summed E-state index contributed by atoms with van der Waals surface area (Å²) in [6.07, 6.45) is 2.37. The first-order valence-corrected chi connectivity index (χ1v) is 9.39. The number of carboxylic acid groups (broad SMARTS) is 1. The number of hydrogen-bond donors (Lipinski definition) is 2. The van der Waals surface area contributed by atoms with Crippen LogP contribution in [-0.4, -0.2) is 27.0 Å². The molecule has 0 fully saturated rings. The molecule has 0 saturated heterocycles. The van der Waals surface area contributed by atoms with Crippen LogP contribution in [0.4, 0.5) is 8.78 Å². The van der Waals surface area contributed by atoms with Gasteiger partial charge in [0.25, 0.3) is 5.91 Å². The number of nitrogens with zero attached hydrogens (tertiary/aromatic N) is 2. The van der Waals surface area contributed by atoms with Gasteiger partial charge in [-0.3, -0.25) is 9.78 Å². The number of hydrogen-bond acceptors (Lipinski definition) is 5. The lowest BCUT2D eigenvalue weighted by atomic mass is 10.1. The molecule has 2 N–H and O–H groups in total. The number of aromatic carboxylic acids is 1. The zero-order valence-corrected chi connectivity index (χ0v) is 16.4. The Morgan fingerprint density at radius 1 is 1.03 bits per heavy atom. The highest BCUT2D eigenvalue weighted by Crippen LogP contribution is 2.30. The maximum atomic E-state index is 14.0. The number of pyridine rings is 2. The zero-order chi connectivity index (χ0) is 22.7. The highest BCUT2D eigenvalue weighted by molar-refractivity contribution is 5.96. The second-order valence-corrected chi connectivity index (χ2v) is 6.74. The van der Waals surface area contributed by atoms with Gasteiger partial charge in [0.2, 0.25) is 5.88 Å². The Hall–Kier alpha value is -4.40. The van der Waals surface area contributed by atoms with Crippen LogP contribution in [0.2, 0.25) is 0 Å². The summed E-state index contributed by atoms with van der Waals surface area (Å²) in [5.41, 5.74) is 0.818. The molecule has 0 spiro atoms. The van der Waals surface area contributed by atoms with Crippen LogP contribution in [0.25, 0.3) is 10.9 Å². The maximum absolute atomic E-state index is 14.0. The van der Waals surface area contributed by atoms with E-state index in [0.29, 0.717) is 5.56 Å². The number of halogens is 2. The number of carbonyl (C=O) groups excluding carboxylic acids is 1. The molecular formula is C23H15F2N3O4. The van der Waals surface area contributed by atoms with Crippen LogP contribution in [-0.2, 0) is 6.54 Å². The number of carbonyl (C=O) groups is 2. The molecule has 0 unspecified atom stereocenters. The second-order valence-electron chi connectivity index (χ2n) is 6.74. The summed E-state index contributed by atoms with van der Waals surface area (Å²) in [6, 6.07) is 12.6. The van der Waals surface area contributed by atoms with Crippen LogP contribution in [0.5, 0.6) is 11.6 Å². The number of aromatic nitrogens is 2. The van der Waals surface area contributed by atoms with Crippen molar-refractivity contribution in [1.29, 1.82) is 0 Å². The van der Waals surface area contributed by atoms with Gasteiger partial charge in [-0.2, -0.15) is 0 Å². The molecule has 32 heavy (non-hydrogen) atoms. The Balaban J connectivity index is 1.58. The van der Waals surface area contributed by atoms with Gasteiger partial charge in [0.15, 0.2) is 5.75 Å². The summed E-state index contributed by atoms with van der Waals surface area (Å²) in [4.78, 5) is 31.6. The van der Waals surface area contributed by atoms with Crippen molar-refractivity contribution in [2.45, 2.75) is 6.54 Å². The standard InChI is InChI=1S/C23H15F2N3O4/c24-15-10-17(21(29)27-11-13-3-5-14(6-4-13)23(30)31)22(28-12-15)32-19-8-7-18(25)16-2-1-9-26-20(16)19/h1-10,12H,11H2,(H,27,29)(H,30,31). The summed E-state index contributed by atoms with van der Waals surface area (Å²) >= 11 is 0. The van der Waals surface area contributed by atoms with E-state index in [9.17, 15) is 18.4 Å². The summed E-state index contributed by atoms with van der Waals surface area (Å²) < 4.78 is 33.6. The van der Waals surface area contributed by atoms with Crippen molar-refractivity contribution in [2.75, 3.05) is 0 Å². The molecule has 7 nitrogen and oxygen atoms in total. The maximum Gasteiger partial charge on any atom is 0.335 e. The van der Waals surface area contributed by atoms with Gasteiger partial charge >= 0.3 is 5.97 Å². The topological polar surface area (TPSA) is 101 Å². The Bertz CT molecular complexity index is 1330. The largest absolute Gasteiger partial charge is 0.478 e. The van der Waals surface area contributed by atoms with Crippen LogP contribution < -0.4 is 10.1 Å². The number of ether oxygens (including phenoxy) is 1. The van der Waals surface area contributed by atoms with Crippen molar-refractivity contribution in [3.8, 4) is 11.6 Å². The number of fused-ring (bicyclic) bond motifs is 1. The van der Waals surface area contributed by atoms with E-state index in [1.165, 1.54) is 36.5 Å². The summed E-state index contributed by atoms with van der Waals surface area (Å²) in [5, 5.41) is 11.8. The third-order valence-electron chi connectivity index (χ3n) is 4.60. The van der Waals surface area contributed by atoms with Crippen molar-refractivity contribution in [1.82, 2.24) is 15.3 Å². The minimum atomic E-state index is -1.06. The third kappa shape index (κ3) is 4.36. The van der Waals surface area contributed by atoms with Crippen LogP contribution in [0, 0.1) is 11.6 Å². The third-order valence-corrected chi connectivity index (χ3v) is 4.60. The predicted octanol–water partition coefficient (Wildman–Crippen LogP) is 4.33. The Labute approximate surface area is 180 Å². The fourth-order valence-corrected chi connectivity index (χ4v) is 3.01. The summed E-state index contributed by atoms with van der Waals surface area (Å²) in [6.45, 7) is 0.0652. The van der Waals surface area contributed by atoms with Crippen molar-refractivity contribution in [2.24, 2.45) is 0 Å². The molecule has 9 heteroatoms. The zero-order valence-electron chi connectivity index (χ0n) is 16.4. The SMILES string of the molecule is O=C(O)c1ccc(CNC(=O)c2cc(F)cnc2Oc2ccc(F)c3cccnc23)cc1. The van der Waals surface area contributed by atoms with Crippen molar-refractivity contribution >= 4 is 22.8 Å². The van der Waals surface area contributed by atoms with Crippen molar-refractivity contribution < 1.29 is 28.2 Å². The second kappa shape index (κ2) is 8.76. The fraction of sp³-hybridized carbons (Fsp3) is 0.0435. The molecule has 0 aliphatic rings. The molecular weight excluding hydrogens is 420 g/mol. The van der Waals surface area contributed by atoms with Gasteiger partial charge in [-0.25, -0.2) is 18.6 Å². The molecule has 4 rings (SSSR count). The van der Waals surface area contributed by atoms with Gasteiger partial charge in [0, 0.05) is 18.1 Å². The molecule has 0 aliphatic heterocycles. The monoisotopic (exact) mass is 435 g/mol. The highest BCUT2D eigenvalue weighted by Gasteiger charge is 2.18. The predicted molar refractivity (Wildman–Crippen MR) is 111 cm³/mol. The summed E-state index contributed by atoms with van der Waals surface area (Å²) in [7, 11) is 0. The molecule has 0 saturated carbocycles. The molecule has 2 aromatic carbocycles. The van der Waals surface area contributed by atoms with Crippen LogP contribution in [0.15, 0.2) is 67.0 Å². The van der Waals surface area contributed by atoms with Gasteiger partial charge in [-0.1, -0.05) is 12.1 Å². The first-order chi connectivity index (χ1) is 15.4. The molecule has 0 radical (unpaired) electrons. The Kier molecular flexibility index (Phi) is 5.71. The van der Waals surface area contributed by atoms with E-state index in [4.69, 9.17) is 9.84 Å². The van der Waals surface area contributed by atoms with E-state index in [1.807, 2.05) is 0 Å². The van der Waals surface area contributed by atoms with E-state index in [1.54, 1.807) is 18.2 Å². The van der Waals surface area contributed by atoms with E-state index in [-0.39, 0.29) is 40.2 Å². The number of carboxylic acids is 1. The van der Waals surface area contributed by atoms with Crippen molar-refractivity contribution in [3.63, 3.8) is 0 Å². The average molecular weight is 435 g/mol. The van der Waals surface area contributed by atoms with Gasteiger partial charge in [-0.05, 0) is 48.0 Å². The van der Waals surface area contributed by atoms with E-state index < -0.39 is 23.5 Å². The molecule has 4 aromatic rings. The molecule has 2 heterocycles. The summed E-state index contributed by atoms with van der Waals surface area (Å²) in [5.74, 6) is -2.97. The molecule has 1 amide bonds. The van der Waals surface area contributed by atoms with Gasteiger partial charge in [0.1, 0.15) is 22.7 Å². The Morgan fingerprint density at radius 3 is 2.56 bits per heavy atom. The quantitative estimate of drug-likeness (QED) is 0.468. The smallest absolute Gasteiger partial charge is 0.335 e. The number of rotatable bonds is 6. The van der Waals surface area contributed by atoms with E-state index in [0.717, 1.165) is 12.3 Å². The lowest BCUT2D eigenvalue weighted by molar-refractivity contribution is 0.0696. The van der Waals surface area contributed by atoms with Crippen LogP contribution in [0.3, 0.4) is 0 Å². The van der Waals surface area contributed by atoms with Gasteiger partial charge in [-0.15, -0.1) is 0 Å². The molecule has 0 bridgehead atoms. The average Bonchev–Trinajstić information content (AvgIpc) is 2.80. The van der Waals surface area contributed by atoms with Crippen LogP contribution >= 0.6 is 0 Å².